The van der Waals surface area contributed by atoms with E-state index in [9.17, 15) is 18.0 Å². The van der Waals surface area contributed by atoms with E-state index in [4.69, 9.17) is 9.90 Å². The molecule has 1 unspecified atom stereocenters. The molecule has 1 amide bonds. The number of fused-ring (bicyclic) bond motifs is 1. The van der Waals surface area contributed by atoms with Crippen LogP contribution >= 0.6 is 11.3 Å². The van der Waals surface area contributed by atoms with Gasteiger partial charge in [-0.1, -0.05) is 0 Å². The number of nitrogens with zero attached hydrogens (tertiary/aromatic N) is 2. The molecule has 150 valence electrons. The van der Waals surface area contributed by atoms with Gasteiger partial charge in [0.25, 0.3) is 0 Å². The van der Waals surface area contributed by atoms with Gasteiger partial charge in [-0.2, -0.15) is 24.5 Å². The van der Waals surface area contributed by atoms with Gasteiger partial charge in [0.05, 0.1) is 0 Å². The summed E-state index contributed by atoms with van der Waals surface area (Å²) in [5.74, 6) is -0.0269. The maximum Gasteiger partial charge on any atom is 0.490 e. The number of carbonyl (C=O) groups excluding carboxylic acids is 1. The fraction of sp³-hybridized carbons (Fsp3) is 0.667. The van der Waals surface area contributed by atoms with E-state index in [1.807, 2.05) is 0 Å². The number of alkyl halides is 3. The Morgan fingerprint density at radius 3 is 2.26 bits per heavy atom. The van der Waals surface area contributed by atoms with Crippen LogP contribution in [0.25, 0.3) is 0 Å². The molecule has 3 heterocycles. The molecule has 5 nitrogen and oxygen atoms in total. The van der Waals surface area contributed by atoms with Crippen LogP contribution in [0.2, 0.25) is 0 Å². The molecule has 9 heteroatoms. The number of amides is 1. The van der Waals surface area contributed by atoms with Crippen molar-refractivity contribution < 1.29 is 27.9 Å². The van der Waals surface area contributed by atoms with Gasteiger partial charge < -0.3 is 10.0 Å². The molecule has 2 aliphatic heterocycles. The summed E-state index contributed by atoms with van der Waals surface area (Å²) in [5.41, 5.74) is 1.45. The van der Waals surface area contributed by atoms with Gasteiger partial charge in [-0.3, -0.25) is 9.69 Å². The van der Waals surface area contributed by atoms with Crippen LogP contribution in [0.4, 0.5) is 13.2 Å². The highest BCUT2D eigenvalue weighted by molar-refractivity contribution is 7.07. The number of hydrogen-bond acceptors (Lipinski definition) is 4. The van der Waals surface area contributed by atoms with Gasteiger partial charge in [-0.05, 0) is 53.0 Å². The normalized spacial score (nSPS) is 27.1. The summed E-state index contributed by atoms with van der Waals surface area (Å²) in [6.07, 6.45) is -1.85. The predicted octanol–water partition coefficient (Wildman–Crippen LogP) is 3.07. The second kappa shape index (κ2) is 8.18. The molecule has 3 atom stereocenters. The maximum absolute atomic E-state index is 12.2. The predicted molar refractivity (Wildman–Crippen MR) is 94.2 cm³/mol. The third-order valence-corrected chi connectivity index (χ3v) is 6.28. The summed E-state index contributed by atoms with van der Waals surface area (Å²) in [6.45, 7) is 5.52. The van der Waals surface area contributed by atoms with E-state index in [-0.39, 0.29) is 0 Å². The minimum absolute atomic E-state index is 0.422. The van der Waals surface area contributed by atoms with Crippen LogP contribution in [-0.2, 0) is 16.1 Å². The topological polar surface area (TPSA) is 60.9 Å². The Kier molecular flexibility index (Phi) is 6.10. The first-order chi connectivity index (χ1) is 12.8. The fourth-order valence-corrected chi connectivity index (χ4v) is 4.77. The zero-order chi connectivity index (χ0) is 19.6. The lowest BCUT2D eigenvalue weighted by Crippen LogP contribution is -2.30. The lowest BCUT2D eigenvalue weighted by Gasteiger charge is -2.20. The average Bonchev–Trinajstić information content (AvgIpc) is 3.17. The highest BCUT2D eigenvalue weighted by atomic mass is 32.1. The first-order valence-electron chi connectivity index (χ1n) is 9.07. The Bertz CT molecular complexity index is 647. The standard InChI is InChI=1S/C16H22N2OS.C2HF3O2/c19-16(18-4-1-2-5-18)7-13-14-9-17(10-15(13)14)8-12-3-6-20-11-12;3-2(4,5)1(6)7/h3,6,11,13-15H,1-2,4-5,7-10H2;(H,6,7)/t13?,14-,15+;. The van der Waals surface area contributed by atoms with Crippen LogP contribution in [0.1, 0.15) is 24.8 Å². The van der Waals surface area contributed by atoms with Gasteiger partial charge >= 0.3 is 12.1 Å². The molecule has 3 fully saturated rings. The van der Waals surface area contributed by atoms with E-state index >= 15 is 0 Å². The van der Waals surface area contributed by atoms with Crippen molar-refractivity contribution >= 4 is 23.2 Å². The van der Waals surface area contributed by atoms with E-state index in [0.717, 1.165) is 37.9 Å². The zero-order valence-electron chi connectivity index (χ0n) is 14.8. The summed E-state index contributed by atoms with van der Waals surface area (Å²) in [6, 6.07) is 2.23. The van der Waals surface area contributed by atoms with Crippen LogP contribution in [0, 0.1) is 17.8 Å². The molecule has 1 aliphatic carbocycles. The quantitative estimate of drug-likeness (QED) is 0.838. The molecule has 3 aliphatic rings. The summed E-state index contributed by atoms with van der Waals surface area (Å²) in [5, 5.41) is 11.5. The Morgan fingerprint density at radius 2 is 1.78 bits per heavy atom. The van der Waals surface area contributed by atoms with Gasteiger partial charge in [-0.25, -0.2) is 4.79 Å². The van der Waals surface area contributed by atoms with Crippen molar-refractivity contribution in [2.75, 3.05) is 26.2 Å². The first kappa shape index (κ1) is 20.1. The lowest BCUT2D eigenvalue weighted by atomic mass is 10.1. The average molecular weight is 404 g/mol. The number of likely N-dealkylation sites (tertiary alicyclic amines) is 2. The summed E-state index contributed by atoms with van der Waals surface area (Å²) in [7, 11) is 0. The highest BCUT2D eigenvalue weighted by Gasteiger charge is 2.55. The number of piperidine rings is 1. The van der Waals surface area contributed by atoms with E-state index in [1.165, 1.54) is 31.5 Å². The molecule has 27 heavy (non-hydrogen) atoms. The molecule has 1 aromatic heterocycles. The first-order valence-corrected chi connectivity index (χ1v) is 10.0. The molecule has 0 radical (unpaired) electrons. The number of aliphatic carboxylic acids is 1. The van der Waals surface area contributed by atoms with Crippen LogP contribution < -0.4 is 0 Å². The third kappa shape index (κ3) is 5.22. The molecule has 1 saturated carbocycles. The van der Waals surface area contributed by atoms with Crippen molar-refractivity contribution in [3.05, 3.63) is 22.4 Å². The van der Waals surface area contributed by atoms with Crippen LogP contribution in [-0.4, -0.2) is 59.1 Å². The number of rotatable bonds is 4. The fourth-order valence-electron chi connectivity index (χ4n) is 4.11. The van der Waals surface area contributed by atoms with Crippen LogP contribution in [0.5, 0.6) is 0 Å². The number of hydrogen-bond donors (Lipinski definition) is 1. The van der Waals surface area contributed by atoms with E-state index in [0.29, 0.717) is 11.8 Å². The number of halogens is 3. The number of carboxylic acid groups (broad SMARTS) is 1. The largest absolute Gasteiger partial charge is 0.490 e. The molecule has 0 spiro atoms. The molecule has 2 saturated heterocycles. The van der Waals surface area contributed by atoms with Crippen molar-refractivity contribution in [1.29, 1.82) is 0 Å². The SMILES string of the molecule is O=C(CC1[C@H]2CN(Cc3ccsc3)C[C@@H]12)N1CCCC1.O=C(O)C(F)(F)F. The maximum atomic E-state index is 12.2. The molecular weight excluding hydrogens is 381 g/mol. The second-order valence-electron chi connectivity index (χ2n) is 7.41. The zero-order valence-corrected chi connectivity index (χ0v) is 15.6. The minimum Gasteiger partial charge on any atom is -0.475 e. The van der Waals surface area contributed by atoms with Gasteiger partial charge in [0, 0.05) is 39.1 Å². The molecule has 1 N–H and O–H groups in total. The van der Waals surface area contributed by atoms with Gasteiger partial charge in [0.15, 0.2) is 0 Å². The van der Waals surface area contributed by atoms with Gasteiger partial charge in [0.1, 0.15) is 0 Å². The number of carbonyl (C=O) groups is 2. The molecule has 1 aromatic rings. The smallest absolute Gasteiger partial charge is 0.475 e. The summed E-state index contributed by atoms with van der Waals surface area (Å²) >= 11 is 1.78. The van der Waals surface area contributed by atoms with Crippen molar-refractivity contribution in [2.45, 2.75) is 32.0 Å². The second-order valence-corrected chi connectivity index (χ2v) is 8.19. The Hall–Kier alpha value is -1.61. The molecule has 0 bridgehead atoms. The monoisotopic (exact) mass is 404 g/mol. The van der Waals surface area contributed by atoms with Gasteiger partial charge in [-0.15, -0.1) is 0 Å². The Morgan fingerprint density at radius 1 is 1.19 bits per heavy atom. The molecule has 0 aromatic carbocycles. The lowest BCUT2D eigenvalue weighted by molar-refractivity contribution is -0.192. The number of carboxylic acids is 1. The van der Waals surface area contributed by atoms with E-state index in [2.05, 4.69) is 26.6 Å². The van der Waals surface area contributed by atoms with Crippen LogP contribution in [0.15, 0.2) is 16.8 Å². The van der Waals surface area contributed by atoms with E-state index < -0.39 is 12.1 Å². The van der Waals surface area contributed by atoms with Crippen molar-refractivity contribution in [1.82, 2.24) is 9.80 Å². The Balaban J connectivity index is 0.000000260. The highest BCUT2D eigenvalue weighted by Crippen LogP contribution is 2.54. The molecule has 4 rings (SSSR count). The summed E-state index contributed by atoms with van der Waals surface area (Å²) in [4.78, 5) is 25.7. The minimum atomic E-state index is -5.08. The molecular formula is C18H23F3N2O3S. The van der Waals surface area contributed by atoms with Crippen LogP contribution in [0.3, 0.4) is 0 Å². The van der Waals surface area contributed by atoms with Crippen molar-refractivity contribution in [2.24, 2.45) is 17.8 Å². The van der Waals surface area contributed by atoms with Crippen molar-refractivity contribution in [3.8, 4) is 0 Å². The summed E-state index contributed by atoms with van der Waals surface area (Å²) < 4.78 is 31.7. The Labute approximate surface area is 159 Å². The van der Waals surface area contributed by atoms with Gasteiger partial charge in [0.2, 0.25) is 5.91 Å². The van der Waals surface area contributed by atoms with E-state index in [1.54, 1.807) is 11.3 Å². The van der Waals surface area contributed by atoms with Crippen molar-refractivity contribution in [3.63, 3.8) is 0 Å². The number of thiophene rings is 1. The third-order valence-electron chi connectivity index (χ3n) is 5.54.